The third kappa shape index (κ3) is 2.63. The summed E-state index contributed by atoms with van der Waals surface area (Å²) in [5.41, 5.74) is 11.2. The van der Waals surface area contributed by atoms with E-state index in [2.05, 4.69) is 39.8 Å². The highest BCUT2D eigenvalue weighted by Gasteiger charge is 2.19. The number of benzene rings is 1. The van der Waals surface area contributed by atoms with Crippen molar-refractivity contribution in [3.05, 3.63) is 34.4 Å². The molecule has 90 valence electrons. The van der Waals surface area contributed by atoms with E-state index in [0.29, 0.717) is 0 Å². The van der Waals surface area contributed by atoms with Gasteiger partial charge in [-0.1, -0.05) is 19.1 Å². The number of hydrogen-bond acceptors (Lipinski definition) is 2. The number of aliphatic hydroxyl groups is 1. The Morgan fingerprint density at radius 3 is 2.19 bits per heavy atom. The quantitative estimate of drug-likeness (QED) is 0.821. The summed E-state index contributed by atoms with van der Waals surface area (Å²) in [7, 11) is 0. The molecule has 2 nitrogen and oxygen atoms in total. The molecule has 16 heavy (non-hydrogen) atoms. The molecule has 0 aromatic heterocycles. The molecule has 0 bridgehead atoms. The zero-order chi connectivity index (χ0) is 12.3. The van der Waals surface area contributed by atoms with E-state index in [9.17, 15) is 5.11 Å². The number of aryl methyl sites for hydroxylation is 3. The highest BCUT2D eigenvalue weighted by Crippen LogP contribution is 2.26. The van der Waals surface area contributed by atoms with Crippen molar-refractivity contribution in [2.45, 2.75) is 40.2 Å². The number of aliphatic hydroxyl groups excluding tert-OH is 1. The van der Waals surface area contributed by atoms with Crippen LogP contribution in [-0.4, -0.2) is 11.7 Å². The lowest BCUT2D eigenvalue weighted by atomic mass is 9.88. The van der Waals surface area contributed by atoms with Crippen LogP contribution in [0, 0.1) is 26.7 Å². The zero-order valence-electron chi connectivity index (χ0n) is 10.7. The summed E-state index contributed by atoms with van der Waals surface area (Å²) in [6, 6.07) is 4.27. The standard InChI is InChI=1S/C14H23NO/c1-5-12(8-16)14(15)13-7-10(3)9(2)6-11(13)4/h6-7,12,14,16H,5,8,15H2,1-4H3. The summed E-state index contributed by atoms with van der Waals surface area (Å²) in [6.07, 6.45) is 0.907. The molecule has 0 saturated heterocycles. The van der Waals surface area contributed by atoms with Gasteiger partial charge in [-0.15, -0.1) is 0 Å². The number of hydrogen-bond donors (Lipinski definition) is 2. The predicted molar refractivity (Wildman–Crippen MR) is 68.4 cm³/mol. The Kier molecular flexibility index (Phi) is 4.51. The Labute approximate surface area is 98.5 Å². The van der Waals surface area contributed by atoms with E-state index in [1.165, 1.54) is 22.3 Å². The van der Waals surface area contributed by atoms with Crippen LogP contribution < -0.4 is 5.73 Å². The largest absolute Gasteiger partial charge is 0.396 e. The van der Waals surface area contributed by atoms with Crippen molar-refractivity contribution in [2.75, 3.05) is 6.61 Å². The first-order chi connectivity index (χ1) is 7.51. The maximum Gasteiger partial charge on any atom is 0.0477 e. The van der Waals surface area contributed by atoms with Crippen LogP contribution in [0.5, 0.6) is 0 Å². The Bertz CT molecular complexity index is 356. The van der Waals surface area contributed by atoms with Gasteiger partial charge in [-0.05, 0) is 49.4 Å². The van der Waals surface area contributed by atoms with Crippen LogP contribution in [0.1, 0.15) is 41.6 Å². The minimum absolute atomic E-state index is 0.0608. The summed E-state index contributed by atoms with van der Waals surface area (Å²) >= 11 is 0. The van der Waals surface area contributed by atoms with Crippen molar-refractivity contribution in [3.8, 4) is 0 Å². The summed E-state index contributed by atoms with van der Waals surface area (Å²) < 4.78 is 0. The Hall–Kier alpha value is -0.860. The van der Waals surface area contributed by atoms with Crippen molar-refractivity contribution < 1.29 is 5.11 Å². The molecule has 0 spiro atoms. The van der Waals surface area contributed by atoms with Gasteiger partial charge in [0.1, 0.15) is 0 Å². The molecule has 0 aliphatic carbocycles. The van der Waals surface area contributed by atoms with E-state index in [4.69, 9.17) is 5.73 Å². The molecule has 0 aliphatic heterocycles. The van der Waals surface area contributed by atoms with Gasteiger partial charge in [0.25, 0.3) is 0 Å². The molecule has 1 aromatic carbocycles. The summed E-state index contributed by atoms with van der Waals surface area (Å²) in [5, 5.41) is 9.29. The molecule has 0 radical (unpaired) electrons. The summed E-state index contributed by atoms with van der Waals surface area (Å²) in [6.45, 7) is 8.53. The van der Waals surface area contributed by atoms with Gasteiger partial charge >= 0.3 is 0 Å². The van der Waals surface area contributed by atoms with Crippen LogP contribution >= 0.6 is 0 Å². The van der Waals surface area contributed by atoms with Crippen LogP contribution in [0.4, 0.5) is 0 Å². The molecule has 0 amide bonds. The second kappa shape index (κ2) is 5.46. The summed E-state index contributed by atoms with van der Waals surface area (Å²) in [5.74, 6) is 0.154. The van der Waals surface area contributed by atoms with Crippen molar-refractivity contribution in [1.82, 2.24) is 0 Å². The average Bonchev–Trinajstić information content (AvgIpc) is 2.25. The van der Waals surface area contributed by atoms with Gasteiger partial charge in [0.15, 0.2) is 0 Å². The van der Waals surface area contributed by atoms with Crippen LogP contribution in [0.15, 0.2) is 12.1 Å². The van der Waals surface area contributed by atoms with Gasteiger partial charge in [0, 0.05) is 18.6 Å². The molecule has 2 unspecified atom stereocenters. The minimum Gasteiger partial charge on any atom is -0.396 e. The molecular formula is C14H23NO. The first-order valence-electron chi connectivity index (χ1n) is 5.95. The highest BCUT2D eigenvalue weighted by molar-refractivity contribution is 5.38. The molecule has 2 atom stereocenters. The Balaban J connectivity index is 3.07. The van der Waals surface area contributed by atoms with Crippen molar-refractivity contribution in [1.29, 1.82) is 0 Å². The van der Waals surface area contributed by atoms with E-state index < -0.39 is 0 Å². The lowest BCUT2D eigenvalue weighted by molar-refractivity contribution is 0.200. The van der Waals surface area contributed by atoms with Crippen LogP contribution in [0.2, 0.25) is 0 Å². The lowest BCUT2D eigenvalue weighted by Crippen LogP contribution is -2.24. The first kappa shape index (κ1) is 13.2. The van der Waals surface area contributed by atoms with Gasteiger partial charge < -0.3 is 10.8 Å². The van der Waals surface area contributed by atoms with E-state index in [1.807, 2.05) is 0 Å². The molecule has 3 N–H and O–H groups in total. The molecular weight excluding hydrogens is 198 g/mol. The molecule has 0 saturated carbocycles. The maximum atomic E-state index is 9.29. The normalized spacial score (nSPS) is 14.9. The second-order valence-corrected chi connectivity index (χ2v) is 4.67. The Morgan fingerprint density at radius 1 is 1.12 bits per heavy atom. The number of nitrogens with two attached hydrogens (primary N) is 1. The third-order valence-corrected chi connectivity index (χ3v) is 3.51. The van der Waals surface area contributed by atoms with E-state index in [0.717, 1.165) is 6.42 Å². The maximum absolute atomic E-state index is 9.29. The smallest absolute Gasteiger partial charge is 0.0477 e. The first-order valence-corrected chi connectivity index (χ1v) is 5.95. The van der Waals surface area contributed by atoms with Gasteiger partial charge in [0.2, 0.25) is 0 Å². The fourth-order valence-electron chi connectivity index (χ4n) is 2.09. The van der Waals surface area contributed by atoms with Crippen LogP contribution in [0.25, 0.3) is 0 Å². The molecule has 1 rings (SSSR count). The zero-order valence-corrected chi connectivity index (χ0v) is 10.7. The molecule has 0 heterocycles. The van der Waals surface area contributed by atoms with E-state index in [1.54, 1.807) is 0 Å². The van der Waals surface area contributed by atoms with Gasteiger partial charge in [-0.25, -0.2) is 0 Å². The van der Waals surface area contributed by atoms with Crippen molar-refractivity contribution in [2.24, 2.45) is 11.7 Å². The van der Waals surface area contributed by atoms with E-state index in [-0.39, 0.29) is 18.6 Å². The average molecular weight is 221 g/mol. The van der Waals surface area contributed by atoms with Gasteiger partial charge in [0.05, 0.1) is 0 Å². The molecule has 0 fully saturated rings. The molecule has 1 aromatic rings. The molecule has 2 heteroatoms. The predicted octanol–water partition coefficient (Wildman–Crippen LogP) is 2.63. The van der Waals surface area contributed by atoms with Crippen LogP contribution in [-0.2, 0) is 0 Å². The fraction of sp³-hybridized carbons (Fsp3) is 0.571. The van der Waals surface area contributed by atoms with Crippen LogP contribution in [0.3, 0.4) is 0 Å². The minimum atomic E-state index is -0.0608. The number of rotatable bonds is 4. The van der Waals surface area contributed by atoms with E-state index >= 15 is 0 Å². The fourth-order valence-corrected chi connectivity index (χ4v) is 2.09. The SMILES string of the molecule is CCC(CO)C(N)c1cc(C)c(C)cc1C. The van der Waals surface area contributed by atoms with Gasteiger partial charge in [-0.3, -0.25) is 0 Å². The lowest BCUT2D eigenvalue weighted by Gasteiger charge is -2.23. The third-order valence-electron chi connectivity index (χ3n) is 3.51. The van der Waals surface area contributed by atoms with Crippen molar-refractivity contribution in [3.63, 3.8) is 0 Å². The monoisotopic (exact) mass is 221 g/mol. The highest BCUT2D eigenvalue weighted by atomic mass is 16.3. The topological polar surface area (TPSA) is 46.2 Å². The van der Waals surface area contributed by atoms with Crippen molar-refractivity contribution >= 4 is 0 Å². The molecule has 0 aliphatic rings. The second-order valence-electron chi connectivity index (χ2n) is 4.67. The Morgan fingerprint density at radius 2 is 1.69 bits per heavy atom. The van der Waals surface area contributed by atoms with Gasteiger partial charge in [-0.2, -0.15) is 0 Å². The summed E-state index contributed by atoms with van der Waals surface area (Å²) in [4.78, 5) is 0.